The molecule has 1 aliphatic rings. The lowest BCUT2D eigenvalue weighted by Gasteiger charge is -2.26. The topological polar surface area (TPSA) is 82.2 Å². The van der Waals surface area contributed by atoms with Crippen LogP contribution in [0.15, 0.2) is 54.7 Å². The highest BCUT2D eigenvalue weighted by molar-refractivity contribution is 5.64. The second kappa shape index (κ2) is 7.82. The Balaban J connectivity index is 1.46. The van der Waals surface area contributed by atoms with Gasteiger partial charge >= 0.3 is 0 Å². The monoisotopic (exact) mass is 378 g/mol. The third kappa shape index (κ3) is 3.75. The van der Waals surface area contributed by atoms with Gasteiger partial charge in [0.2, 0.25) is 0 Å². The number of nitro groups is 1. The molecule has 144 valence electrons. The highest BCUT2D eigenvalue weighted by atomic mass is 16.6. The number of hydrogen-bond acceptors (Lipinski definition) is 5. The number of nitrogens with one attached hydrogen (secondary N) is 1. The number of aromatic nitrogens is 2. The minimum Gasteiger partial charge on any atom is -0.493 e. The van der Waals surface area contributed by atoms with Gasteiger partial charge in [0.1, 0.15) is 5.75 Å². The van der Waals surface area contributed by atoms with E-state index in [4.69, 9.17) is 4.74 Å². The number of aryl methyl sites for hydroxylation is 1. The molecule has 7 heteroatoms. The van der Waals surface area contributed by atoms with Crippen LogP contribution < -0.4 is 10.1 Å². The Morgan fingerprint density at radius 1 is 1.25 bits per heavy atom. The molecule has 28 heavy (non-hydrogen) atoms. The first-order valence-electron chi connectivity index (χ1n) is 9.31. The van der Waals surface area contributed by atoms with E-state index < -0.39 is 4.92 Å². The fourth-order valence-corrected chi connectivity index (χ4v) is 3.66. The smallest absolute Gasteiger partial charge is 0.269 e. The van der Waals surface area contributed by atoms with Gasteiger partial charge in [0, 0.05) is 55.5 Å². The van der Waals surface area contributed by atoms with Gasteiger partial charge in [-0.1, -0.05) is 18.2 Å². The quantitative estimate of drug-likeness (QED) is 0.523. The molecule has 0 fully saturated rings. The van der Waals surface area contributed by atoms with Crippen LogP contribution in [0.4, 0.5) is 5.69 Å². The molecule has 2 heterocycles. The molecule has 0 radical (unpaired) electrons. The third-order valence-corrected chi connectivity index (χ3v) is 5.05. The van der Waals surface area contributed by atoms with E-state index in [1.807, 2.05) is 31.4 Å². The van der Waals surface area contributed by atoms with Gasteiger partial charge in [-0.15, -0.1) is 0 Å². The van der Waals surface area contributed by atoms with Gasteiger partial charge in [-0.3, -0.25) is 14.8 Å². The summed E-state index contributed by atoms with van der Waals surface area (Å²) in [5.74, 6) is 1.40. The predicted molar refractivity (Wildman–Crippen MR) is 106 cm³/mol. The van der Waals surface area contributed by atoms with E-state index in [1.54, 1.807) is 16.8 Å². The van der Waals surface area contributed by atoms with E-state index in [9.17, 15) is 10.1 Å². The van der Waals surface area contributed by atoms with Crippen LogP contribution in [0.3, 0.4) is 0 Å². The molecule has 0 amide bonds. The minimum atomic E-state index is -0.392. The van der Waals surface area contributed by atoms with Gasteiger partial charge in [0.15, 0.2) is 0 Å². The van der Waals surface area contributed by atoms with Crippen LogP contribution in [0.1, 0.15) is 23.5 Å². The number of para-hydroxylation sites is 1. The molecule has 1 atom stereocenters. The Bertz CT molecular complexity index is 982. The molecule has 4 rings (SSSR count). The van der Waals surface area contributed by atoms with Gasteiger partial charge in [-0.05, 0) is 30.2 Å². The lowest BCUT2D eigenvalue weighted by molar-refractivity contribution is -0.384. The maximum absolute atomic E-state index is 10.9. The van der Waals surface area contributed by atoms with Crippen LogP contribution in [0, 0.1) is 10.1 Å². The first-order valence-corrected chi connectivity index (χ1v) is 9.31. The molecular weight excluding hydrogens is 356 g/mol. The average molecular weight is 378 g/mol. The van der Waals surface area contributed by atoms with E-state index in [1.165, 1.54) is 17.7 Å². The number of benzene rings is 2. The van der Waals surface area contributed by atoms with Crippen LogP contribution in [0.2, 0.25) is 0 Å². The van der Waals surface area contributed by atoms with Crippen molar-refractivity contribution < 1.29 is 9.66 Å². The first-order chi connectivity index (χ1) is 13.6. The zero-order valence-electron chi connectivity index (χ0n) is 15.7. The molecule has 0 aliphatic carbocycles. The Kier molecular flexibility index (Phi) is 5.08. The molecule has 0 bridgehead atoms. The van der Waals surface area contributed by atoms with Crippen molar-refractivity contribution in [2.45, 2.75) is 18.9 Å². The SMILES string of the molecule is Cn1cc(CNCC2CCOc3ccccc32)c(-c2ccc([N+](=O)[O-])cc2)n1. The van der Waals surface area contributed by atoms with Gasteiger partial charge in [-0.2, -0.15) is 5.10 Å². The summed E-state index contributed by atoms with van der Waals surface area (Å²) in [5.41, 5.74) is 4.12. The number of non-ortho nitro benzene ring substituents is 1. The average Bonchev–Trinajstić information content (AvgIpc) is 3.08. The van der Waals surface area contributed by atoms with Crippen LogP contribution in [0.25, 0.3) is 11.3 Å². The minimum absolute atomic E-state index is 0.0811. The second-order valence-corrected chi connectivity index (χ2v) is 6.98. The molecule has 1 aliphatic heterocycles. The molecule has 3 aromatic rings. The normalized spacial score (nSPS) is 15.7. The second-order valence-electron chi connectivity index (χ2n) is 6.98. The molecule has 0 spiro atoms. The molecule has 0 saturated heterocycles. The molecule has 1 unspecified atom stereocenters. The number of fused-ring (bicyclic) bond motifs is 1. The van der Waals surface area contributed by atoms with Crippen LogP contribution in [0.5, 0.6) is 5.75 Å². The van der Waals surface area contributed by atoms with Crippen molar-refractivity contribution in [1.82, 2.24) is 15.1 Å². The van der Waals surface area contributed by atoms with E-state index in [0.29, 0.717) is 12.5 Å². The van der Waals surface area contributed by atoms with Crippen LogP contribution in [-0.4, -0.2) is 27.9 Å². The van der Waals surface area contributed by atoms with Crippen molar-refractivity contribution in [1.29, 1.82) is 0 Å². The summed E-state index contributed by atoms with van der Waals surface area (Å²) in [7, 11) is 1.88. The van der Waals surface area contributed by atoms with Gasteiger partial charge in [0.25, 0.3) is 5.69 Å². The summed E-state index contributed by atoms with van der Waals surface area (Å²) < 4.78 is 7.51. The summed E-state index contributed by atoms with van der Waals surface area (Å²) in [4.78, 5) is 10.5. The van der Waals surface area contributed by atoms with E-state index in [2.05, 4.69) is 16.5 Å². The maximum atomic E-state index is 10.9. The Hall–Kier alpha value is -3.19. The number of rotatable bonds is 6. The maximum Gasteiger partial charge on any atom is 0.269 e. The van der Waals surface area contributed by atoms with E-state index in [0.717, 1.165) is 42.1 Å². The third-order valence-electron chi connectivity index (χ3n) is 5.05. The summed E-state index contributed by atoms with van der Waals surface area (Å²) in [6.45, 7) is 2.28. The summed E-state index contributed by atoms with van der Waals surface area (Å²) in [6, 6.07) is 14.7. The van der Waals surface area contributed by atoms with Crippen molar-refractivity contribution in [3.8, 4) is 17.0 Å². The van der Waals surface area contributed by atoms with Crippen molar-refractivity contribution in [3.63, 3.8) is 0 Å². The molecule has 1 N–H and O–H groups in total. The van der Waals surface area contributed by atoms with Gasteiger partial charge < -0.3 is 10.1 Å². The Morgan fingerprint density at radius 2 is 2.04 bits per heavy atom. The van der Waals surface area contributed by atoms with Gasteiger partial charge in [-0.25, -0.2) is 0 Å². The molecule has 1 aromatic heterocycles. The van der Waals surface area contributed by atoms with Crippen molar-refractivity contribution in [2.75, 3.05) is 13.2 Å². The van der Waals surface area contributed by atoms with Crippen molar-refractivity contribution >= 4 is 5.69 Å². The first kappa shape index (κ1) is 18.2. The number of ether oxygens (including phenoxy) is 1. The van der Waals surface area contributed by atoms with Crippen LogP contribution >= 0.6 is 0 Å². The summed E-state index contributed by atoms with van der Waals surface area (Å²) >= 11 is 0. The molecule has 0 saturated carbocycles. The highest BCUT2D eigenvalue weighted by Crippen LogP contribution is 2.33. The molecular formula is C21H22N4O3. The van der Waals surface area contributed by atoms with Crippen molar-refractivity contribution in [2.24, 2.45) is 7.05 Å². The lowest BCUT2D eigenvalue weighted by atomic mass is 9.93. The zero-order chi connectivity index (χ0) is 19.5. The van der Waals surface area contributed by atoms with E-state index >= 15 is 0 Å². The molecule has 2 aromatic carbocycles. The fraction of sp³-hybridized carbons (Fsp3) is 0.286. The summed E-state index contributed by atoms with van der Waals surface area (Å²) in [5, 5.41) is 19.0. The largest absolute Gasteiger partial charge is 0.493 e. The van der Waals surface area contributed by atoms with Crippen molar-refractivity contribution in [3.05, 3.63) is 76.0 Å². The zero-order valence-corrected chi connectivity index (χ0v) is 15.7. The summed E-state index contributed by atoms with van der Waals surface area (Å²) in [6.07, 6.45) is 2.98. The van der Waals surface area contributed by atoms with Crippen LogP contribution in [-0.2, 0) is 13.6 Å². The number of nitro benzene ring substituents is 1. The lowest BCUT2D eigenvalue weighted by Crippen LogP contribution is -2.25. The van der Waals surface area contributed by atoms with Gasteiger partial charge in [0.05, 0.1) is 17.2 Å². The standard InChI is InChI=1S/C21H22N4O3/c1-24-14-17(21(23-24)15-6-8-18(9-7-15)25(26)27)13-22-12-16-10-11-28-20-5-3-2-4-19(16)20/h2-9,14,16,22H,10-13H2,1H3. The molecule has 7 nitrogen and oxygen atoms in total. The number of hydrogen-bond donors (Lipinski definition) is 1. The van der Waals surface area contributed by atoms with E-state index in [-0.39, 0.29) is 5.69 Å². The Labute approximate surface area is 163 Å². The Morgan fingerprint density at radius 3 is 2.82 bits per heavy atom. The highest BCUT2D eigenvalue weighted by Gasteiger charge is 2.21. The predicted octanol–water partition coefficient (Wildman–Crippen LogP) is 3.65. The number of nitrogens with zero attached hydrogens (tertiary/aromatic N) is 3. The fourth-order valence-electron chi connectivity index (χ4n) is 3.66.